The second kappa shape index (κ2) is 16.5. The predicted octanol–water partition coefficient (Wildman–Crippen LogP) is 16.2. The van der Waals surface area contributed by atoms with Gasteiger partial charge in [-0.1, -0.05) is 178 Å². The van der Waals surface area contributed by atoms with Crippen molar-refractivity contribution in [2.24, 2.45) is 0 Å². The Balaban J connectivity index is 1.07. The molecular weight excluding hydrogens is 829 g/mol. The van der Waals surface area contributed by atoms with Gasteiger partial charge in [-0.2, -0.15) is 0 Å². The molecular formula is C64H54N2O2. The van der Waals surface area contributed by atoms with E-state index in [4.69, 9.17) is 0 Å². The highest BCUT2D eigenvalue weighted by Crippen LogP contribution is 2.53. The second-order valence-electron chi connectivity index (χ2n) is 19.7. The molecule has 8 aromatic rings. The fourth-order valence-electron chi connectivity index (χ4n) is 10.9. The van der Waals surface area contributed by atoms with E-state index in [0.717, 1.165) is 57.8 Å². The third-order valence-corrected chi connectivity index (χ3v) is 14.7. The maximum Gasteiger partial charge on any atom is 0.193 e. The molecule has 0 saturated heterocycles. The molecule has 4 nitrogen and oxygen atoms in total. The van der Waals surface area contributed by atoms with Gasteiger partial charge >= 0.3 is 0 Å². The van der Waals surface area contributed by atoms with E-state index >= 15 is 9.59 Å². The summed E-state index contributed by atoms with van der Waals surface area (Å²) in [6.07, 6.45) is 6.54. The molecule has 68 heavy (non-hydrogen) atoms. The fraction of sp³-hybridized carbons (Fsp3) is 0.156. The summed E-state index contributed by atoms with van der Waals surface area (Å²) >= 11 is 0. The van der Waals surface area contributed by atoms with Crippen LogP contribution in [0.25, 0.3) is 22.3 Å². The van der Waals surface area contributed by atoms with Crippen LogP contribution in [0.1, 0.15) is 100 Å². The molecule has 3 aliphatic rings. The second-order valence-corrected chi connectivity index (χ2v) is 19.7. The van der Waals surface area contributed by atoms with Crippen molar-refractivity contribution >= 4 is 40.0 Å². The van der Waals surface area contributed by atoms with Gasteiger partial charge in [0.15, 0.2) is 11.6 Å². The number of fused-ring (bicyclic) bond motifs is 3. The molecule has 0 spiro atoms. The Labute approximate surface area is 400 Å². The van der Waals surface area contributed by atoms with Gasteiger partial charge in [-0.25, -0.2) is 0 Å². The van der Waals surface area contributed by atoms with Crippen molar-refractivity contribution in [1.82, 2.24) is 0 Å². The Kier molecular flexibility index (Phi) is 10.4. The molecule has 8 aromatic carbocycles. The van der Waals surface area contributed by atoms with Crippen LogP contribution in [-0.2, 0) is 10.8 Å². The smallest absolute Gasteiger partial charge is 0.193 e. The van der Waals surface area contributed by atoms with Crippen LogP contribution in [0, 0.1) is 13.8 Å². The van der Waals surface area contributed by atoms with E-state index in [9.17, 15) is 0 Å². The number of nitrogens with zero attached hydrogens (tertiary/aromatic N) is 2. The van der Waals surface area contributed by atoms with Gasteiger partial charge in [0.05, 0.1) is 11.4 Å². The molecule has 11 rings (SSSR count). The van der Waals surface area contributed by atoms with Gasteiger partial charge in [-0.15, -0.1) is 0 Å². The minimum atomic E-state index is -0.179. The zero-order chi connectivity index (χ0) is 46.9. The molecule has 0 amide bonds. The van der Waals surface area contributed by atoms with Crippen molar-refractivity contribution in [1.29, 1.82) is 0 Å². The molecule has 0 unspecified atom stereocenters. The maximum absolute atomic E-state index is 15.0. The first-order valence-electron chi connectivity index (χ1n) is 23.8. The van der Waals surface area contributed by atoms with E-state index < -0.39 is 0 Å². The summed E-state index contributed by atoms with van der Waals surface area (Å²) in [4.78, 5) is 34.8. The van der Waals surface area contributed by atoms with Gasteiger partial charge in [-0.05, 0) is 126 Å². The number of aryl methyl sites for hydroxylation is 2. The first-order valence-corrected chi connectivity index (χ1v) is 23.8. The van der Waals surface area contributed by atoms with Crippen LogP contribution in [0.5, 0.6) is 0 Å². The number of hydrogen-bond acceptors (Lipinski definition) is 4. The van der Waals surface area contributed by atoms with Gasteiger partial charge in [-0.3, -0.25) is 9.59 Å². The molecule has 0 saturated carbocycles. The summed E-state index contributed by atoms with van der Waals surface area (Å²) in [5, 5.41) is 0. The highest BCUT2D eigenvalue weighted by molar-refractivity contribution is 6.18. The summed E-state index contributed by atoms with van der Waals surface area (Å²) in [7, 11) is 0. The molecule has 332 valence electrons. The lowest BCUT2D eigenvalue weighted by Gasteiger charge is -2.44. The molecule has 2 heterocycles. The molecule has 0 aromatic heterocycles. The summed E-state index contributed by atoms with van der Waals surface area (Å²) in [5.74, 6) is -0.203. The molecule has 0 N–H and O–H groups in total. The van der Waals surface area contributed by atoms with Crippen molar-refractivity contribution < 1.29 is 9.59 Å². The van der Waals surface area contributed by atoms with Crippen LogP contribution >= 0.6 is 0 Å². The third kappa shape index (κ3) is 7.06. The number of anilines is 5. The minimum absolute atomic E-state index is 0.101. The molecule has 0 atom stereocenters. The monoisotopic (exact) mass is 882 g/mol. The van der Waals surface area contributed by atoms with E-state index in [1.807, 2.05) is 74.5 Å². The highest BCUT2D eigenvalue weighted by Gasteiger charge is 2.39. The first-order chi connectivity index (χ1) is 32.9. The lowest BCUT2D eigenvalue weighted by atomic mass is 9.71. The van der Waals surface area contributed by atoms with Crippen LogP contribution < -0.4 is 9.80 Å². The molecule has 1 aliphatic carbocycles. The number of allylic oxidation sites excluding steroid dienone is 4. The summed E-state index contributed by atoms with van der Waals surface area (Å²) in [6, 6.07) is 62.5. The Morgan fingerprint density at radius 1 is 0.456 bits per heavy atom. The number of para-hydroxylation sites is 3. The van der Waals surface area contributed by atoms with Crippen molar-refractivity contribution in [3.8, 4) is 22.3 Å². The molecule has 0 fully saturated rings. The molecule has 4 heteroatoms. The summed E-state index contributed by atoms with van der Waals surface area (Å²) in [6.45, 7) is 13.3. The topological polar surface area (TPSA) is 40.6 Å². The Morgan fingerprint density at radius 2 is 0.853 bits per heavy atom. The summed E-state index contributed by atoms with van der Waals surface area (Å²) < 4.78 is 0. The van der Waals surface area contributed by atoms with Crippen molar-refractivity contribution in [3.05, 3.63) is 255 Å². The lowest BCUT2D eigenvalue weighted by Crippen LogP contribution is -2.34. The summed E-state index contributed by atoms with van der Waals surface area (Å²) in [5.41, 5.74) is 19.2. The van der Waals surface area contributed by atoms with Crippen LogP contribution in [0.4, 0.5) is 28.4 Å². The van der Waals surface area contributed by atoms with Gasteiger partial charge < -0.3 is 9.80 Å². The van der Waals surface area contributed by atoms with Crippen LogP contribution in [0.3, 0.4) is 0 Å². The normalized spacial score (nSPS) is 15.3. The standard InChI is InChI=1S/C64H54N2O2/c1-41-23-27-45(28-24-41)61(67)51-39-50(44-33-37-48(38-34-44)66-59-21-13-9-17-55(59)64(5,6)56-18-10-14-22-60(56)66)52(62(68)46-29-25-42(2)26-30-46)40-49(51)43-31-35-47(36-32-43)65-57-19-11-7-15-53(57)63(3,4)54-16-8-12-20-58(54)65/h7-13,15-21,23-40H,14,22H2,1-6H3. The van der Waals surface area contributed by atoms with E-state index in [1.54, 1.807) is 0 Å². The largest absolute Gasteiger partial charge is 0.314 e. The van der Waals surface area contributed by atoms with Gasteiger partial charge in [0.1, 0.15) is 0 Å². The number of ketones is 2. The van der Waals surface area contributed by atoms with Crippen molar-refractivity contribution in [3.63, 3.8) is 0 Å². The van der Waals surface area contributed by atoms with E-state index in [1.165, 1.54) is 33.6 Å². The van der Waals surface area contributed by atoms with Crippen LogP contribution in [0.15, 0.2) is 205 Å². The lowest BCUT2D eigenvalue weighted by molar-refractivity contribution is 0.102. The number of rotatable bonds is 8. The zero-order valence-electron chi connectivity index (χ0n) is 39.6. The number of carbonyl (C=O) groups is 2. The first kappa shape index (κ1) is 42.8. The van der Waals surface area contributed by atoms with Gasteiger partial charge in [0, 0.05) is 55.8 Å². The number of benzene rings is 8. The minimum Gasteiger partial charge on any atom is -0.314 e. The fourth-order valence-corrected chi connectivity index (χ4v) is 10.9. The van der Waals surface area contributed by atoms with E-state index in [2.05, 4.69) is 171 Å². The molecule has 0 bridgehead atoms. The Morgan fingerprint density at radius 3 is 1.31 bits per heavy atom. The van der Waals surface area contributed by atoms with Gasteiger partial charge in [0.25, 0.3) is 0 Å². The zero-order valence-corrected chi connectivity index (χ0v) is 39.6. The average Bonchev–Trinajstić information content (AvgIpc) is 3.37. The highest BCUT2D eigenvalue weighted by atomic mass is 16.1. The van der Waals surface area contributed by atoms with Crippen LogP contribution in [-0.4, -0.2) is 11.6 Å². The van der Waals surface area contributed by atoms with Crippen LogP contribution in [0.2, 0.25) is 0 Å². The number of hydrogen-bond donors (Lipinski definition) is 0. The van der Waals surface area contributed by atoms with E-state index in [0.29, 0.717) is 33.4 Å². The number of carbonyl (C=O) groups excluding carboxylic acids is 2. The van der Waals surface area contributed by atoms with Crippen molar-refractivity contribution in [2.45, 2.75) is 65.2 Å². The molecule has 0 radical (unpaired) electrons. The quantitative estimate of drug-likeness (QED) is 0.143. The Bertz CT molecular complexity index is 3320. The van der Waals surface area contributed by atoms with Crippen molar-refractivity contribution in [2.75, 3.05) is 9.80 Å². The van der Waals surface area contributed by atoms with E-state index in [-0.39, 0.29) is 22.4 Å². The average molecular weight is 883 g/mol. The maximum atomic E-state index is 15.0. The SMILES string of the molecule is Cc1ccc(C(=O)c2cc(-c3ccc(N4c5ccccc5C(C)(C)c5ccccc54)cc3)c(C(=O)c3ccc(C)cc3)cc2-c2ccc(N3C4=C(C=CCC4)C(C)(C)c4ccccc43)cc2)cc1. The predicted molar refractivity (Wildman–Crippen MR) is 280 cm³/mol. The third-order valence-electron chi connectivity index (χ3n) is 14.7. The Hall–Kier alpha value is -7.82. The van der Waals surface area contributed by atoms with Gasteiger partial charge in [0.2, 0.25) is 0 Å². The molecule has 2 aliphatic heterocycles.